The highest BCUT2D eigenvalue weighted by Gasteiger charge is 2.38. The Morgan fingerprint density at radius 2 is 1.86 bits per heavy atom. The number of anilines is 1. The Morgan fingerprint density at radius 1 is 1.17 bits per heavy atom. The molecule has 1 amide bonds. The molecule has 0 bridgehead atoms. The van der Waals surface area contributed by atoms with Crippen molar-refractivity contribution in [3.8, 4) is 22.1 Å². The fourth-order valence-electron chi connectivity index (χ4n) is 3.13. The fourth-order valence-corrected chi connectivity index (χ4v) is 4.23. The molecule has 3 heterocycles. The predicted octanol–water partition coefficient (Wildman–Crippen LogP) is 4.76. The van der Waals surface area contributed by atoms with Crippen molar-refractivity contribution in [3.05, 3.63) is 59.1 Å². The van der Waals surface area contributed by atoms with Crippen LogP contribution < -0.4 is 14.4 Å². The van der Waals surface area contributed by atoms with Gasteiger partial charge in [0.15, 0.2) is 11.5 Å². The van der Waals surface area contributed by atoms with E-state index >= 15 is 0 Å². The molecule has 8 nitrogen and oxygen atoms in total. The van der Waals surface area contributed by atoms with Crippen LogP contribution in [0.3, 0.4) is 0 Å². The number of pyridine rings is 1. The Hall–Kier alpha value is -3.64. The van der Waals surface area contributed by atoms with E-state index < -0.39 is 17.7 Å². The topological polar surface area (TPSA) is 109 Å². The van der Waals surface area contributed by atoms with Crippen LogP contribution in [0.2, 0.25) is 0 Å². The van der Waals surface area contributed by atoms with E-state index in [1.54, 1.807) is 44.2 Å². The van der Waals surface area contributed by atoms with Crippen molar-refractivity contribution in [2.75, 3.05) is 18.6 Å². The largest absolute Gasteiger partial charge is 0.493 e. The molecule has 0 atom stereocenters. The normalized spacial score (nSPS) is 13.1. The predicted molar refractivity (Wildman–Crippen MR) is 127 cm³/mol. The minimum atomic E-state index is -5.08. The smallest absolute Gasteiger partial charge is 0.490 e. The minimum Gasteiger partial charge on any atom is -0.493 e. The highest BCUT2D eigenvalue weighted by atomic mass is 32.1. The molecule has 0 spiro atoms. The number of benzene rings is 1. The summed E-state index contributed by atoms with van der Waals surface area (Å²) in [5.41, 5.74) is 1.67. The number of aromatic nitrogens is 1. The van der Waals surface area contributed by atoms with E-state index in [-0.39, 0.29) is 12.5 Å². The van der Waals surface area contributed by atoms with E-state index in [1.807, 2.05) is 30.3 Å². The molecule has 0 saturated heterocycles. The lowest BCUT2D eigenvalue weighted by Crippen LogP contribution is -2.28. The molecule has 0 saturated carbocycles. The van der Waals surface area contributed by atoms with Gasteiger partial charge in [0.05, 0.1) is 34.7 Å². The molecule has 0 aliphatic carbocycles. The van der Waals surface area contributed by atoms with Crippen LogP contribution in [0.25, 0.3) is 10.6 Å². The molecule has 192 valence electrons. The van der Waals surface area contributed by atoms with Crippen LogP contribution in [0.15, 0.2) is 48.7 Å². The molecule has 0 fully saturated rings. The van der Waals surface area contributed by atoms with Gasteiger partial charge in [-0.15, -0.1) is 11.3 Å². The molecule has 1 aliphatic heterocycles. The van der Waals surface area contributed by atoms with Gasteiger partial charge in [-0.05, 0) is 49.7 Å². The van der Waals surface area contributed by atoms with Gasteiger partial charge in [0.2, 0.25) is 0 Å². The lowest BCUT2D eigenvalue weighted by atomic mass is 10.2. The van der Waals surface area contributed by atoms with Gasteiger partial charge in [0.1, 0.15) is 6.61 Å². The lowest BCUT2D eigenvalue weighted by molar-refractivity contribution is -0.192. The summed E-state index contributed by atoms with van der Waals surface area (Å²) in [5, 5.41) is 17.0. The number of carbonyl (C=O) groups is 2. The number of carboxylic acid groups (broad SMARTS) is 1. The van der Waals surface area contributed by atoms with Crippen LogP contribution in [-0.2, 0) is 11.3 Å². The molecule has 12 heteroatoms. The van der Waals surface area contributed by atoms with Crippen molar-refractivity contribution >= 4 is 28.9 Å². The molecule has 2 aromatic heterocycles. The number of methoxy groups -OCH3 is 1. The number of ether oxygens (including phenoxy) is 2. The first-order valence-electron chi connectivity index (χ1n) is 10.5. The van der Waals surface area contributed by atoms with E-state index in [0.717, 1.165) is 26.7 Å². The minimum absolute atomic E-state index is 0.0283. The number of thiophene rings is 1. The van der Waals surface area contributed by atoms with Crippen LogP contribution >= 0.6 is 11.3 Å². The van der Waals surface area contributed by atoms with E-state index in [1.165, 1.54) is 11.3 Å². The van der Waals surface area contributed by atoms with Gasteiger partial charge in [-0.2, -0.15) is 13.2 Å². The number of halogens is 3. The first-order valence-corrected chi connectivity index (χ1v) is 11.3. The van der Waals surface area contributed by atoms with Gasteiger partial charge in [0.25, 0.3) is 5.91 Å². The number of aliphatic hydroxyl groups is 1. The Kier molecular flexibility index (Phi) is 7.89. The number of alkyl halides is 3. The van der Waals surface area contributed by atoms with Crippen molar-refractivity contribution in [1.29, 1.82) is 0 Å². The first kappa shape index (κ1) is 27.0. The van der Waals surface area contributed by atoms with Crippen molar-refractivity contribution in [1.82, 2.24) is 4.98 Å². The molecular formula is C24H23F3N2O6S. The fraction of sp³-hybridized carbons (Fsp3) is 0.292. The molecule has 3 aromatic rings. The summed E-state index contributed by atoms with van der Waals surface area (Å²) in [6, 6.07) is 13.2. The van der Waals surface area contributed by atoms with Crippen molar-refractivity contribution < 1.29 is 42.4 Å². The maximum Gasteiger partial charge on any atom is 0.490 e. The Bertz CT molecular complexity index is 1240. The summed E-state index contributed by atoms with van der Waals surface area (Å²) in [4.78, 5) is 29.7. The Morgan fingerprint density at radius 3 is 2.39 bits per heavy atom. The van der Waals surface area contributed by atoms with Gasteiger partial charge in [-0.3, -0.25) is 9.78 Å². The van der Waals surface area contributed by atoms with Crippen molar-refractivity contribution in [2.24, 2.45) is 0 Å². The SMILES string of the molecule is COc1cc(N2Cc3cc(-c4ccccn4)sc3C2=O)ccc1OCC(C)(C)O.O=C(O)C(F)(F)F. The van der Waals surface area contributed by atoms with E-state index in [0.29, 0.717) is 18.0 Å². The van der Waals surface area contributed by atoms with Crippen LogP contribution in [0, 0.1) is 0 Å². The summed E-state index contributed by atoms with van der Waals surface area (Å²) < 4.78 is 42.8. The highest BCUT2D eigenvalue weighted by Crippen LogP contribution is 2.40. The second-order valence-electron chi connectivity index (χ2n) is 8.31. The van der Waals surface area contributed by atoms with Gasteiger partial charge < -0.3 is 24.6 Å². The number of amides is 1. The number of aliphatic carboxylic acids is 1. The summed E-state index contributed by atoms with van der Waals surface area (Å²) >= 11 is 1.47. The van der Waals surface area contributed by atoms with Gasteiger partial charge >= 0.3 is 12.1 Å². The van der Waals surface area contributed by atoms with Crippen LogP contribution in [0.1, 0.15) is 29.1 Å². The zero-order valence-corrected chi connectivity index (χ0v) is 20.3. The third kappa shape index (κ3) is 6.52. The van der Waals surface area contributed by atoms with E-state index in [4.69, 9.17) is 19.4 Å². The third-order valence-electron chi connectivity index (χ3n) is 4.78. The molecular weight excluding hydrogens is 501 g/mol. The number of hydrogen-bond acceptors (Lipinski definition) is 7. The average Bonchev–Trinajstić information content (AvgIpc) is 3.37. The quantitative estimate of drug-likeness (QED) is 0.479. The van der Waals surface area contributed by atoms with E-state index in [9.17, 15) is 23.1 Å². The van der Waals surface area contributed by atoms with Crippen molar-refractivity contribution in [3.63, 3.8) is 0 Å². The summed E-state index contributed by atoms with van der Waals surface area (Å²) in [6.45, 7) is 3.99. The number of nitrogens with zero attached hydrogens (tertiary/aromatic N) is 2. The maximum atomic E-state index is 13.0. The first-order chi connectivity index (χ1) is 16.8. The Balaban J connectivity index is 0.000000454. The third-order valence-corrected chi connectivity index (χ3v) is 5.96. The highest BCUT2D eigenvalue weighted by molar-refractivity contribution is 7.17. The van der Waals surface area contributed by atoms with Gasteiger partial charge in [-0.1, -0.05) is 6.07 Å². The number of rotatable bonds is 6. The number of carbonyl (C=O) groups excluding carboxylic acids is 1. The number of fused-ring (bicyclic) bond motifs is 1. The van der Waals surface area contributed by atoms with Gasteiger partial charge in [-0.25, -0.2) is 4.79 Å². The Labute approximate surface area is 208 Å². The molecule has 1 aromatic carbocycles. The summed E-state index contributed by atoms with van der Waals surface area (Å²) in [7, 11) is 1.55. The van der Waals surface area contributed by atoms with Crippen LogP contribution in [-0.4, -0.2) is 52.6 Å². The van der Waals surface area contributed by atoms with Gasteiger partial charge in [0, 0.05) is 18.0 Å². The number of carboxylic acids is 1. The molecule has 0 radical (unpaired) electrons. The maximum absolute atomic E-state index is 13.0. The van der Waals surface area contributed by atoms with Crippen LogP contribution in [0.4, 0.5) is 18.9 Å². The molecule has 2 N–H and O–H groups in total. The molecule has 4 rings (SSSR count). The molecule has 0 unspecified atom stereocenters. The zero-order valence-electron chi connectivity index (χ0n) is 19.5. The summed E-state index contributed by atoms with van der Waals surface area (Å²) in [5.74, 6) is -1.74. The zero-order chi connectivity index (χ0) is 26.7. The molecule has 1 aliphatic rings. The molecule has 36 heavy (non-hydrogen) atoms. The average molecular weight is 525 g/mol. The standard InChI is InChI=1S/C22H22N2O4S.C2HF3O2/c1-22(2,26)13-28-17-8-7-15(11-18(17)27-3)24-12-14-10-19(29-20(14)21(24)25)16-6-4-5-9-23-16;3-2(4,5)1(6)7/h4-11,26H,12-13H2,1-3H3;(H,6,7). The number of hydrogen-bond donors (Lipinski definition) is 2. The second kappa shape index (κ2) is 10.5. The lowest BCUT2D eigenvalue weighted by Gasteiger charge is -2.21. The van der Waals surface area contributed by atoms with Crippen molar-refractivity contribution in [2.45, 2.75) is 32.2 Å². The summed E-state index contributed by atoms with van der Waals surface area (Å²) in [6.07, 6.45) is -3.33. The monoisotopic (exact) mass is 524 g/mol. The second-order valence-corrected chi connectivity index (χ2v) is 9.36. The van der Waals surface area contributed by atoms with Crippen LogP contribution in [0.5, 0.6) is 11.5 Å². The van der Waals surface area contributed by atoms with E-state index in [2.05, 4.69) is 4.98 Å².